The summed E-state index contributed by atoms with van der Waals surface area (Å²) in [7, 11) is 4.22. The summed E-state index contributed by atoms with van der Waals surface area (Å²) in [6, 6.07) is 0. The van der Waals surface area contributed by atoms with E-state index in [4.69, 9.17) is 0 Å². The van der Waals surface area contributed by atoms with Crippen molar-refractivity contribution < 1.29 is 0 Å². The normalized spacial score (nSPS) is 15.0. The average molecular weight is 186 g/mol. The third-order valence-electron chi connectivity index (χ3n) is 2.66. The quantitative estimate of drug-likeness (QED) is 0.682. The second-order valence-corrected chi connectivity index (χ2v) is 4.84. The summed E-state index contributed by atoms with van der Waals surface area (Å²) in [4.78, 5) is 2.41. The number of rotatable bonds is 6. The minimum Gasteiger partial charge on any atom is -0.314 e. The minimum absolute atomic E-state index is 0.224. The van der Waals surface area contributed by atoms with E-state index in [1.165, 1.54) is 13.0 Å². The molecule has 0 spiro atoms. The smallest absolute Gasteiger partial charge is 0.0249 e. The highest BCUT2D eigenvalue weighted by atomic mass is 15.1. The Morgan fingerprint density at radius 2 is 1.92 bits per heavy atom. The first-order chi connectivity index (χ1) is 5.91. The molecule has 1 unspecified atom stereocenters. The van der Waals surface area contributed by atoms with Crippen LogP contribution in [0.25, 0.3) is 0 Å². The number of nitrogens with one attached hydrogen (secondary N) is 1. The lowest BCUT2D eigenvalue weighted by Crippen LogP contribution is -2.47. The van der Waals surface area contributed by atoms with Gasteiger partial charge in [0, 0.05) is 18.6 Å². The topological polar surface area (TPSA) is 15.3 Å². The third-order valence-corrected chi connectivity index (χ3v) is 2.66. The molecule has 0 heterocycles. The van der Waals surface area contributed by atoms with Gasteiger partial charge in [-0.1, -0.05) is 20.3 Å². The Hall–Kier alpha value is -0.0800. The van der Waals surface area contributed by atoms with Gasteiger partial charge in [0.05, 0.1) is 0 Å². The number of nitrogens with zero attached hydrogens (tertiary/aromatic N) is 1. The van der Waals surface area contributed by atoms with Crippen molar-refractivity contribution in [2.24, 2.45) is 5.92 Å². The Balaban J connectivity index is 3.79. The molecule has 13 heavy (non-hydrogen) atoms. The van der Waals surface area contributed by atoms with Crippen molar-refractivity contribution in [3.8, 4) is 0 Å². The van der Waals surface area contributed by atoms with E-state index in [1.54, 1.807) is 0 Å². The molecule has 0 amide bonds. The Bertz CT molecular complexity index is 132. The summed E-state index contributed by atoms with van der Waals surface area (Å²) >= 11 is 0. The van der Waals surface area contributed by atoms with Crippen molar-refractivity contribution in [1.82, 2.24) is 10.2 Å². The molecular weight excluding hydrogens is 160 g/mol. The molecule has 0 aliphatic heterocycles. The van der Waals surface area contributed by atoms with E-state index in [0.717, 1.165) is 12.5 Å². The second kappa shape index (κ2) is 5.61. The predicted molar refractivity (Wildman–Crippen MR) is 60.1 cm³/mol. The van der Waals surface area contributed by atoms with Crippen molar-refractivity contribution in [2.75, 3.05) is 27.2 Å². The van der Waals surface area contributed by atoms with Crippen LogP contribution >= 0.6 is 0 Å². The van der Waals surface area contributed by atoms with Gasteiger partial charge in [-0.2, -0.15) is 0 Å². The molecule has 1 atom stereocenters. The van der Waals surface area contributed by atoms with Crippen molar-refractivity contribution >= 4 is 0 Å². The predicted octanol–water partition coefficient (Wildman–Crippen LogP) is 1.96. The average Bonchev–Trinajstić information content (AvgIpc) is 2.03. The molecule has 2 heteroatoms. The molecular formula is C11H26N2. The van der Waals surface area contributed by atoms with Gasteiger partial charge in [-0.15, -0.1) is 0 Å². The first kappa shape index (κ1) is 12.9. The van der Waals surface area contributed by atoms with Gasteiger partial charge in [-0.05, 0) is 33.9 Å². The summed E-state index contributed by atoms with van der Waals surface area (Å²) < 4.78 is 0. The number of hydrogen-bond donors (Lipinski definition) is 1. The van der Waals surface area contributed by atoms with Gasteiger partial charge in [0.2, 0.25) is 0 Å². The molecule has 0 aliphatic carbocycles. The van der Waals surface area contributed by atoms with E-state index in [-0.39, 0.29) is 5.54 Å². The number of hydrogen-bond acceptors (Lipinski definition) is 2. The van der Waals surface area contributed by atoms with Gasteiger partial charge in [0.1, 0.15) is 0 Å². The van der Waals surface area contributed by atoms with Crippen LogP contribution in [-0.2, 0) is 0 Å². The summed E-state index contributed by atoms with van der Waals surface area (Å²) in [5, 5.41) is 3.32. The van der Waals surface area contributed by atoms with Crippen LogP contribution < -0.4 is 5.32 Å². The lowest BCUT2D eigenvalue weighted by atomic mass is 10.0. The molecule has 80 valence electrons. The maximum Gasteiger partial charge on any atom is 0.0249 e. The molecule has 0 aliphatic rings. The zero-order valence-corrected chi connectivity index (χ0v) is 10.1. The van der Waals surface area contributed by atoms with Crippen LogP contribution in [0.2, 0.25) is 0 Å². The van der Waals surface area contributed by atoms with Crippen LogP contribution in [0.5, 0.6) is 0 Å². The highest BCUT2D eigenvalue weighted by molar-refractivity contribution is 4.79. The fraction of sp³-hybridized carbons (Fsp3) is 1.00. The van der Waals surface area contributed by atoms with E-state index in [9.17, 15) is 0 Å². The highest BCUT2D eigenvalue weighted by Gasteiger charge is 2.17. The molecule has 0 aromatic carbocycles. The zero-order valence-electron chi connectivity index (χ0n) is 10.1. The van der Waals surface area contributed by atoms with Crippen LogP contribution in [0.1, 0.15) is 34.1 Å². The van der Waals surface area contributed by atoms with E-state index in [2.05, 4.69) is 45.0 Å². The van der Waals surface area contributed by atoms with E-state index >= 15 is 0 Å². The molecule has 0 saturated heterocycles. The van der Waals surface area contributed by atoms with Gasteiger partial charge in [-0.3, -0.25) is 0 Å². The fourth-order valence-corrected chi connectivity index (χ4v) is 1.48. The maximum atomic E-state index is 3.32. The Morgan fingerprint density at radius 3 is 2.31 bits per heavy atom. The monoisotopic (exact) mass is 186 g/mol. The van der Waals surface area contributed by atoms with Crippen LogP contribution in [0.3, 0.4) is 0 Å². The largest absolute Gasteiger partial charge is 0.314 e. The van der Waals surface area contributed by atoms with Crippen LogP contribution in [0.4, 0.5) is 0 Å². The van der Waals surface area contributed by atoms with Crippen molar-refractivity contribution in [2.45, 2.75) is 39.7 Å². The van der Waals surface area contributed by atoms with E-state index in [0.29, 0.717) is 0 Å². The van der Waals surface area contributed by atoms with Crippen LogP contribution in [0.15, 0.2) is 0 Å². The maximum absolute atomic E-state index is 3.32. The van der Waals surface area contributed by atoms with Gasteiger partial charge >= 0.3 is 0 Å². The molecule has 0 bridgehead atoms. The van der Waals surface area contributed by atoms with Crippen LogP contribution in [0, 0.1) is 5.92 Å². The Labute approximate surface area is 83.7 Å². The second-order valence-electron chi connectivity index (χ2n) is 4.84. The highest BCUT2D eigenvalue weighted by Crippen LogP contribution is 2.07. The van der Waals surface area contributed by atoms with Gasteiger partial charge in [0.15, 0.2) is 0 Å². The summed E-state index contributed by atoms with van der Waals surface area (Å²) in [5.41, 5.74) is 0.224. The van der Waals surface area contributed by atoms with Gasteiger partial charge in [0.25, 0.3) is 0 Å². The summed E-state index contributed by atoms with van der Waals surface area (Å²) in [5.74, 6) is 0.803. The summed E-state index contributed by atoms with van der Waals surface area (Å²) in [6.07, 6.45) is 1.27. The third kappa shape index (κ3) is 6.05. The lowest BCUT2D eigenvalue weighted by Gasteiger charge is -2.31. The Kier molecular flexibility index (Phi) is 5.57. The van der Waals surface area contributed by atoms with E-state index in [1.807, 2.05) is 7.05 Å². The SMILES string of the molecule is CCC(C)CN(C)CC(C)(C)NC. The van der Waals surface area contributed by atoms with Crippen LogP contribution in [-0.4, -0.2) is 37.6 Å². The molecule has 0 saturated carbocycles. The molecule has 0 aromatic heterocycles. The Morgan fingerprint density at radius 1 is 1.38 bits per heavy atom. The van der Waals surface area contributed by atoms with Gasteiger partial charge < -0.3 is 10.2 Å². The molecule has 0 rings (SSSR count). The molecule has 0 radical (unpaired) electrons. The molecule has 0 aromatic rings. The van der Waals surface area contributed by atoms with E-state index < -0.39 is 0 Å². The zero-order chi connectivity index (χ0) is 10.5. The molecule has 1 N–H and O–H groups in total. The minimum atomic E-state index is 0.224. The number of likely N-dealkylation sites (N-methyl/N-ethyl adjacent to an activating group) is 2. The molecule has 2 nitrogen and oxygen atoms in total. The van der Waals surface area contributed by atoms with Crippen molar-refractivity contribution in [3.63, 3.8) is 0 Å². The van der Waals surface area contributed by atoms with Crippen molar-refractivity contribution in [1.29, 1.82) is 0 Å². The van der Waals surface area contributed by atoms with Gasteiger partial charge in [-0.25, -0.2) is 0 Å². The first-order valence-corrected chi connectivity index (χ1v) is 5.28. The standard InChI is InChI=1S/C11H26N2/c1-7-10(2)8-13(6)9-11(3,4)12-5/h10,12H,7-9H2,1-6H3. The fourth-order valence-electron chi connectivity index (χ4n) is 1.48. The summed E-state index contributed by atoms with van der Waals surface area (Å²) in [6.45, 7) is 11.3. The molecule has 0 fully saturated rings. The van der Waals surface area contributed by atoms with Crippen molar-refractivity contribution in [3.05, 3.63) is 0 Å². The lowest BCUT2D eigenvalue weighted by molar-refractivity contribution is 0.217. The first-order valence-electron chi connectivity index (χ1n) is 5.28.